The van der Waals surface area contributed by atoms with Gasteiger partial charge in [-0.25, -0.2) is 4.79 Å². The van der Waals surface area contributed by atoms with E-state index in [1.54, 1.807) is 62.4 Å². The lowest BCUT2D eigenvalue weighted by Gasteiger charge is -2.35. The Morgan fingerprint density at radius 1 is 1.08 bits per heavy atom. The molecule has 0 fully saturated rings. The maximum Gasteiger partial charge on any atom is 0.329 e. The molecule has 0 aliphatic carbocycles. The van der Waals surface area contributed by atoms with E-state index in [1.807, 2.05) is 0 Å². The summed E-state index contributed by atoms with van der Waals surface area (Å²) in [5.74, 6) is -0.699. The van der Waals surface area contributed by atoms with Gasteiger partial charge in [0.2, 0.25) is 0 Å². The van der Waals surface area contributed by atoms with Crippen molar-refractivity contribution in [3.63, 3.8) is 0 Å². The summed E-state index contributed by atoms with van der Waals surface area (Å²) < 4.78 is 29.3. The molecule has 0 aliphatic rings. The topological polar surface area (TPSA) is 89.9 Å². The lowest BCUT2D eigenvalue weighted by atomic mass is 10.0. The molecule has 7 heteroatoms. The van der Waals surface area contributed by atoms with Gasteiger partial charge in [0.15, 0.2) is 0 Å². The van der Waals surface area contributed by atoms with Gasteiger partial charge in [-0.15, -0.1) is 0 Å². The fourth-order valence-electron chi connectivity index (χ4n) is 2.55. The zero-order chi connectivity index (χ0) is 18.6. The molecule has 2 atom stereocenters. The van der Waals surface area contributed by atoms with Gasteiger partial charge in [-0.2, -0.15) is 0 Å². The number of phenols is 1. The van der Waals surface area contributed by atoms with Crippen LogP contribution in [0.25, 0.3) is 11.1 Å². The molecule has 25 heavy (non-hydrogen) atoms. The molecule has 0 spiro atoms. The van der Waals surface area contributed by atoms with E-state index in [2.05, 4.69) is 0 Å². The molecule has 0 heterocycles. The van der Waals surface area contributed by atoms with Crippen LogP contribution in [-0.2, 0) is 20.8 Å². The van der Waals surface area contributed by atoms with Gasteiger partial charge in [0.1, 0.15) is 11.8 Å². The Morgan fingerprint density at radius 2 is 1.56 bits per heavy atom. The van der Waals surface area contributed by atoms with Crippen LogP contribution in [0.15, 0.2) is 48.5 Å². The maximum atomic E-state index is 12.0. The van der Waals surface area contributed by atoms with Crippen LogP contribution in [0.5, 0.6) is 5.75 Å². The van der Waals surface area contributed by atoms with Crippen LogP contribution >= 0.6 is 0 Å². The lowest BCUT2D eigenvalue weighted by Crippen LogP contribution is -2.46. The fourth-order valence-corrected chi connectivity index (χ4v) is 3.36. The Hall–Kier alpha value is -2.38. The summed E-state index contributed by atoms with van der Waals surface area (Å²) in [4.78, 5) is 12.0. The highest BCUT2D eigenvalue weighted by Crippen LogP contribution is 2.28. The standard InChI is InChI=1S/C18H21NO5S/c1-12(2)17(18(21)24-3)19(25(22)23)15-8-4-13(5-9-15)14-6-10-16(20)11-7-14/h4-12,17,20H,1-3H3,(H,22,23)/p-1. The second kappa shape index (κ2) is 8.13. The first-order valence-corrected chi connectivity index (χ1v) is 8.74. The van der Waals surface area contributed by atoms with Crippen molar-refractivity contribution in [2.24, 2.45) is 5.92 Å². The first-order valence-electron chi connectivity index (χ1n) is 7.71. The summed E-state index contributed by atoms with van der Waals surface area (Å²) in [6.07, 6.45) is 0. The lowest BCUT2D eigenvalue weighted by molar-refractivity contribution is -0.142. The highest BCUT2D eigenvalue weighted by Gasteiger charge is 2.31. The van der Waals surface area contributed by atoms with Gasteiger partial charge in [0.25, 0.3) is 0 Å². The third kappa shape index (κ3) is 4.37. The largest absolute Gasteiger partial charge is 0.755 e. The van der Waals surface area contributed by atoms with E-state index in [0.717, 1.165) is 15.4 Å². The summed E-state index contributed by atoms with van der Waals surface area (Å²) in [5.41, 5.74) is 2.12. The van der Waals surface area contributed by atoms with E-state index >= 15 is 0 Å². The SMILES string of the molecule is COC(=O)C(C(C)C)N(c1ccc(-c2ccc(O)cc2)cc1)S(=O)[O-]. The molecule has 2 aromatic carbocycles. The van der Waals surface area contributed by atoms with Crippen molar-refractivity contribution in [1.29, 1.82) is 0 Å². The number of esters is 1. The quantitative estimate of drug-likeness (QED) is 0.630. The van der Waals surface area contributed by atoms with E-state index in [9.17, 15) is 18.7 Å². The third-order valence-corrected chi connectivity index (χ3v) is 4.57. The summed E-state index contributed by atoms with van der Waals surface area (Å²) in [5, 5.41) is 9.35. The van der Waals surface area contributed by atoms with Gasteiger partial charge >= 0.3 is 5.97 Å². The number of rotatable bonds is 6. The van der Waals surface area contributed by atoms with Crippen molar-refractivity contribution < 1.29 is 23.4 Å². The highest BCUT2D eigenvalue weighted by atomic mass is 32.2. The minimum atomic E-state index is -2.63. The maximum absolute atomic E-state index is 12.0. The number of aromatic hydroxyl groups is 1. The number of hydrogen-bond donors (Lipinski definition) is 1. The third-order valence-electron chi connectivity index (χ3n) is 3.81. The molecule has 2 unspecified atom stereocenters. The number of ether oxygens (including phenoxy) is 1. The fraction of sp³-hybridized carbons (Fsp3) is 0.278. The van der Waals surface area contributed by atoms with Crippen LogP contribution in [0, 0.1) is 5.92 Å². The number of hydrogen-bond acceptors (Lipinski definition) is 5. The number of carbonyl (C=O) groups excluding carboxylic acids is 1. The van der Waals surface area contributed by atoms with Crippen LogP contribution in [0.2, 0.25) is 0 Å². The predicted octanol–water partition coefficient (Wildman–Crippen LogP) is 2.86. The highest BCUT2D eigenvalue weighted by molar-refractivity contribution is 7.80. The Labute approximate surface area is 149 Å². The van der Waals surface area contributed by atoms with Crippen molar-refractivity contribution in [2.45, 2.75) is 19.9 Å². The van der Waals surface area contributed by atoms with Crippen LogP contribution in [0.1, 0.15) is 13.8 Å². The van der Waals surface area contributed by atoms with Crippen molar-refractivity contribution in [3.05, 3.63) is 48.5 Å². The van der Waals surface area contributed by atoms with Crippen LogP contribution < -0.4 is 4.31 Å². The molecule has 0 saturated carbocycles. The van der Waals surface area contributed by atoms with Gasteiger partial charge in [-0.05, 0) is 41.3 Å². The number of benzene rings is 2. The summed E-state index contributed by atoms with van der Waals surface area (Å²) in [6, 6.07) is 12.5. The predicted molar refractivity (Wildman–Crippen MR) is 95.6 cm³/mol. The van der Waals surface area contributed by atoms with Gasteiger partial charge < -0.3 is 14.4 Å². The summed E-state index contributed by atoms with van der Waals surface area (Å²) in [6.45, 7) is 3.51. The van der Waals surface area contributed by atoms with Gasteiger partial charge in [0.05, 0.1) is 7.11 Å². The Bertz CT molecular complexity index is 743. The van der Waals surface area contributed by atoms with Crippen LogP contribution in [-0.4, -0.2) is 33.0 Å². The van der Waals surface area contributed by atoms with Gasteiger partial charge in [-0.1, -0.05) is 38.1 Å². The van der Waals surface area contributed by atoms with E-state index in [1.165, 1.54) is 7.11 Å². The minimum Gasteiger partial charge on any atom is -0.755 e. The normalized spacial score (nSPS) is 13.3. The molecule has 134 valence electrons. The second-order valence-corrected chi connectivity index (χ2v) is 6.68. The molecule has 2 rings (SSSR count). The monoisotopic (exact) mass is 362 g/mol. The number of carbonyl (C=O) groups is 1. The second-order valence-electron chi connectivity index (χ2n) is 5.85. The van der Waals surface area contributed by atoms with Crippen molar-refractivity contribution in [2.75, 3.05) is 11.4 Å². The van der Waals surface area contributed by atoms with E-state index in [0.29, 0.717) is 5.69 Å². The number of methoxy groups -OCH3 is 1. The van der Waals surface area contributed by atoms with Crippen LogP contribution in [0.4, 0.5) is 5.69 Å². The molecular weight excluding hydrogens is 342 g/mol. The zero-order valence-corrected chi connectivity index (χ0v) is 15.0. The van der Waals surface area contributed by atoms with Crippen molar-refractivity contribution in [3.8, 4) is 16.9 Å². The molecule has 1 N–H and O–H groups in total. The zero-order valence-electron chi connectivity index (χ0n) is 14.2. The number of anilines is 1. The molecule has 0 aliphatic heterocycles. The number of phenolic OH excluding ortho intramolecular Hbond substituents is 1. The molecule has 0 radical (unpaired) electrons. The molecule has 0 aromatic heterocycles. The van der Waals surface area contributed by atoms with Crippen LogP contribution in [0.3, 0.4) is 0 Å². The molecule has 2 aromatic rings. The number of nitrogens with zero attached hydrogens (tertiary/aromatic N) is 1. The van der Waals surface area contributed by atoms with E-state index < -0.39 is 23.3 Å². The van der Waals surface area contributed by atoms with Crippen molar-refractivity contribution >= 4 is 22.9 Å². The Morgan fingerprint density at radius 3 is 1.96 bits per heavy atom. The summed E-state index contributed by atoms with van der Waals surface area (Å²) in [7, 11) is 1.23. The average Bonchev–Trinajstić information content (AvgIpc) is 2.59. The van der Waals surface area contributed by atoms with Gasteiger partial charge in [0, 0.05) is 17.0 Å². The average molecular weight is 362 g/mol. The van der Waals surface area contributed by atoms with Crippen molar-refractivity contribution in [1.82, 2.24) is 0 Å². The Kier molecular flexibility index (Phi) is 6.17. The smallest absolute Gasteiger partial charge is 0.329 e. The first kappa shape index (κ1) is 19.0. The van der Waals surface area contributed by atoms with Gasteiger partial charge in [-0.3, -0.25) is 8.51 Å². The first-order chi connectivity index (χ1) is 11.8. The summed E-state index contributed by atoms with van der Waals surface area (Å²) >= 11 is -2.63. The van der Waals surface area contributed by atoms with E-state index in [4.69, 9.17) is 4.74 Å². The molecule has 6 nitrogen and oxygen atoms in total. The molecule has 0 saturated heterocycles. The molecule has 0 bridgehead atoms. The van der Waals surface area contributed by atoms with E-state index in [-0.39, 0.29) is 11.7 Å². The molecular formula is C18H20NO5S-. The Balaban J connectivity index is 2.37. The minimum absolute atomic E-state index is 0.172. The molecule has 0 amide bonds.